The first kappa shape index (κ1) is 14.7. The number of hydrogen-bond donors (Lipinski definition) is 0. The van der Waals surface area contributed by atoms with E-state index in [9.17, 15) is 14.9 Å². The molecule has 23 heavy (non-hydrogen) atoms. The molecule has 3 rings (SSSR count). The van der Waals surface area contributed by atoms with E-state index in [1.165, 1.54) is 18.2 Å². The molecule has 0 aliphatic carbocycles. The zero-order valence-electron chi connectivity index (χ0n) is 12.1. The second-order valence-corrected chi connectivity index (χ2v) is 5.03. The number of rotatable bonds is 4. The van der Waals surface area contributed by atoms with Crippen LogP contribution in [0.25, 0.3) is 10.8 Å². The first-order chi connectivity index (χ1) is 11.1. The lowest BCUT2D eigenvalue weighted by Gasteiger charge is -2.06. The third kappa shape index (κ3) is 3.18. The summed E-state index contributed by atoms with van der Waals surface area (Å²) in [6, 6.07) is 19.4. The van der Waals surface area contributed by atoms with Crippen LogP contribution in [0, 0.1) is 10.1 Å². The van der Waals surface area contributed by atoms with Crippen molar-refractivity contribution >= 4 is 22.4 Å². The molecule has 0 radical (unpaired) electrons. The number of carbonyl (C=O) groups excluding carboxylic acids is 1. The van der Waals surface area contributed by atoms with Crippen molar-refractivity contribution in [3.05, 3.63) is 88.0 Å². The van der Waals surface area contributed by atoms with Crippen molar-refractivity contribution in [1.29, 1.82) is 0 Å². The zero-order valence-corrected chi connectivity index (χ0v) is 12.1. The SMILES string of the molecule is O=C(OCc1ccc2ccccc2c1)c1ccccc1[N+](=O)[O-]. The molecule has 114 valence electrons. The third-order valence-electron chi connectivity index (χ3n) is 3.50. The average molecular weight is 307 g/mol. The largest absolute Gasteiger partial charge is 0.457 e. The van der Waals surface area contributed by atoms with Crippen LogP contribution in [0.1, 0.15) is 15.9 Å². The standard InChI is InChI=1S/C18H13NO4/c20-18(16-7-3-4-8-17(16)19(21)22)23-12-13-9-10-14-5-1-2-6-15(14)11-13/h1-11H,12H2. The number of nitro benzene ring substituents is 1. The monoisotopic (exact) mass is 307 g/mol. The Kier molecular flexibility index (Phi) is 4.01. The number of nitrogens with zero attached hydrogens (tertiary/aromatic N) is 1. The summed E-state index contributed by atoms with van der Waals surface area (Å²) in [5.41, 5.74) is 0.532. The van der Waals surface area contributed by atoms with Crippen LogP contribution in [0.5, 0.6) is 0 Å². The molecule has 5 heteroatoms. The molecule has 3 aromatic rings. The first-order valence-corrected chi connectivity index (χ1v) is 7.03. The lowest BCUT2D eigenvalue weighted by molar-refractivity contribution is -0.385. The van der Waals surface area contributed by atoms with Crippen molar-refractivity contribution in [2.45, 2.75) is 6.61 Å². The lowest BCUT2D eigenvalue weighted by Crippen LogP contribution is -2.08. The highest BCUT2D eigenvalue weighted by atomic mass is 16.6. The summed E-state index contributed by atoms with van der Waals surface area (Å²) in [4.78, 5) is 22.4. The number of nitro groups is 1. The molecule has 0 atom stereocenters. The maximum atomic E-state index is 12.1. The molecular weight excluding hydrogens is 294 g/mol. The maximum absolute atomic E-state index is 12.1. The van der Waals surface area contributed by atoms with Gasteiger partial charge in [-0.2, -0.15) is 0 Å². The summed E-state index contributed by atoms with van der Waals surface area (Å²) >= 11 is 0. The van der Waals surface area contributed by atoms with Gasteiger partial charge in [0.1, 0.15) is 12.2 Å². The fraction of sp³-hybridized carbons (Fsp3) is 0.0556. The van der Waals surface area contributed by atoms with E-state index in [1.54, 1.807) is 6.07 Å². The second-order valence-electron chi connectivity index (χ2n) is 5.03. The van der Waals surface area contributed by atoms with E-state index in [-0.39, 0.29) is 17.9 Å². The van der Waals surface area contributed by atoms with Crippen LogP contribution < -0.4 is 0 Å². The van der Waals surface area contributed by atoms with E-state index >= 15 is 0 Å². The molecule has 0 fully saturated rings. The van der Waals surface area contributed by atoms with Gasteiger partial charge in [-0.25, -0.2) is 4.79 Å². The Balaban J connectivity index is 1.77. The number of para-hydroxylation sites is 1. The molecule has 0 heterocycles. The number of ether oxygens (including phenoxy) is 1. The van der Waals surface area contributed by atoms with Crippen molar-refractivity contribution < 1.29 is 14.5 Å². The molecule has 0 spiro atoms. The molecule has 0 N–H and O–H groups in total. The fourth-order valence-electron chi connectivity index (χ4n) is 2.36. The van der Waals surface area contributed by atoms with E-state index in [1.807, 2.05) is 42.5 Å². The summed E-state index contributed by atoms with van der Waals surface area (Å²) in [6.45, 7) is 0.0652. The van der Waals surface area contributed by atoms with E-state index in [0.717, 1.165) is 16.3 Å². The van der Waals surface area contributed by atoms with Gasteiger partial charge in [-0.3, -0.25) is 10.1 Å². The predicted molar refractivity (Wildman–Crippen MR) is 86.2 cm³/mol. The molecule has 0 aliphatic rings. The molecule has 0 amide bonds. The quantitative estimate of drug-likeness (QED) is 0.413. The van der Waals surface area contributed by atoms with Gasteiger partial charge in [-0.05, 0) is 28.5 Å². The lowest BCUT2D eigenvalue weighted by atomic mass is 10.1. The molecule has 0 saturated heterocycles. The van der Waals surface area contributed by atoms with Gasteiger partial charge in [0.05, 0.1) is 4.92 Å². The number of esters is 1. The molecule has 0 unspecified atom stereocenters. The van der Waals surface area contributed by atoms with Crippen LogP contribution in [-0.2, 0) is 11.3 Å². The van der Waals surface area contributed by atoms with Crippen molar-refractivity contribution in [1.82, 2.24) is 0 Å². The van der Waals surface area contributed by atoms with Crippen LogP contribution in [0.3, 0.4) is 0 Å². The fourth-order valence-corrected chi connectivity index (χ4v) is 2.36. The molecule has 5 nitrogen and oxygen atoms in total. The molecule has 3 aromatic carbocycles. The molecule has 0 aromatic heterocycles. The van der Waals surface area contributed by atoms with Gasteiger partial charge in [0.15, 0.2) is 0 Å². The Morgan fingerprint density at radius 3 is 2.43 bits per heavy atom. The predicted octanol–water partition coefficient (Wildman–Crippen LogP) is 4.11. The van der Waals surface area contributed by atoms with Crippen LogP contribution in [0.15, 0.2) is 66.7 Å². The Morgan fingerprint density at radius 2 is 1.65 bits per heavy atom. The van der Waals surface area contributed by atoms with Crippen LogP contribution in [0.2, 0.25) is 0 Å². The van der Waals surface area contributed by atoms with Gasteiger partial charge in [0.25, 0.3) is 5.69 Å². The Labute approximate surface area is 132 Å². The summed E-state index contributed by atoms with van der Waals surface area (Å²) < 4.78 is 5.21. The zero-order chi connectivity index (χ0) is 16.2. The third-order valence-corrected chi connectivity index (χ3v) is 3.50. The highest BCUT2D eigenvalue weighted by Gasteiger charge is 2.20. The topological polar surface area (TPSA) is 69.4 Å². The Bertz CT molecular complexity index is 889. The molecule has 0 aliphatic heterocycles. The Hall–Kier alpha value is -3.21. The van der Waals surface area contributed by atoms with E-state index in [0.29, 0.717) is 0 Å². The number of hydrogen-bond acceptors (Lipinski definition) is 4. The van der Waals surface area contributed by atoms with Gasteiger partial charge >= 0.3 is 5.97 Å². The minimum Gasteiger partial charge on any atom is -0.457 e. The molecular formula is C18H13NO4. The van der Waals surface area contributed by atoms with Crippen molar-refractivity contribution in [2.24, 2.45) is 0 Å². The van der Waals surface area contributed by atoms with E-state index in [4.69, 9.17) is 4.74 Å². The second kappa shape index (κ2) is 6.27. The summed E-state index contributed by atoms with van der Waals surface area (Å²) in [7, 11) is 0. The summed E-state index contributed by atoms with van der Waals surface area (Å²) in [5, 5.41) is 13.1. The van der Waals surface area contributed by atoms with Gasteiger partial charge in [-0.1, -0.05) is 48.5 Å². The number of fused-ring (bicyclic) bond motifs is 1. The number of carbonyl (C=O) groups is 1. The smallest absolute Gasteiger partial charge is 0.345 e. The Morgan fingerprint density at radius 1 is 0.957 bits per heavy atom. The first-order valence-electron chi connectivity index (χ1n) is 7.03. The summed E-state index contributed by atoms with van der Waals surface area (Å²) in [6.07, 6.45) is 0. The normalized spacial score (nSPS) is 10.4. The highest BCUT2D eigenvalue weighted by molar-refractivity contribution is 5.93. The van der Waals surface area contributed by atoms with Gasteiger partial charge in [-0.15, -0.1) is 0 Å². The van der Waals surface area contributed by atoms with E-state index in [2.05, 4.69) is 0 Å². The van der Waals surface area contributed by atoms with Gasteiger partial charge < -0.3 is 4.74 Å². The van der Waals surface area contributed by atoms with Crippen LogP contribution >= 0.6 is 0 Å². The summed E-state index contributed by atoms with van der Waals surface area (Å²) in [5.74, 6) is -0.703. The van der Waals surface area contributed by atoms with Gasteiger partial charge in [0, 0.05) is 6.07 Å². The van der Waals surface area contributed by atoms with Crippen molar-refractivity contribution in [3.8, 4) is 0 Å². The van der Waals surface area contributed by atoms with Gasteiger partial charge in [0.2, 0.25) is 0 Å². The minimum absolute atomic E-state index is 0.0433. The molecule has 0 bridgehead atoms. The van der Waals surface area contributed by atoms with Crippen molar-refractivity contribution in [2.75, 3.05) is 0 Å². The van der Waals surface area contributed by atoms with E-state index < -0.39 is 10.9 Å². The van der Waals surface area contributed by atoms with Crippen LogP contribution in [0.4, 0.5) is 5.69 Å². The average Bonchev–Trinajstić information content (AvgIpc) is 2.59. The minimum atomic E-state index is -0.703. The van der Waals surface area contributed by atoms with Crippen LogP contribution in [-0.4, -0.2) is 10.9 Å². The number of benzene rings is 3. The highest BCUT2D eigenvalue weighted by Crippen LogP contribution is 2.20. The molecule has 0 saturated carbocycles. The maximum Gasteiger partial charge on any atom is 0.345 e. The van der Waals surface area contributed by atoms with Crippen molar-refractivity contribution in [3.63, 3.8) is 0 Å².